The third kappa shape index (κ3) is 2.56. The minimum Gasteiger partial charge on any atom is -0.316 e. The summed E-state index contributed by atoms with van der Waals surface area (Å²) >= 11 is 0. The van der Waals surface area contributed by atoms with Crippen molar-refractivity contribution in [3.8, 4) is 5.69 Å². The summed E-state index contributed by atoms with van der Waals surface area (Å²) < 4.78 is 2.12. The van der Waals surface area contributed by atoms with Crippen LogP contribution in [0.4, 0.5) is 0 Å². The zero-order chi connectivity index (χ0) is 13.1. The van der Waals surface area contributed by atoms with Gasteiger partial charge >= 0.3 is 0 Å². The lowest BCUT2D eigenvalue weighted by atomic mass is 9.99. The molecular weight excluding hydrogens is 234 g/mol. The van der Waals surface area contributed by atoms with E-state index in [9.17, 15) is 0 Å². The number of hydrogen-bond acceptors (Lipinski definition) is 2. The molecule has 1 N–H and O–H groups in total. The van der Waals surface area contributed by atoms with Crippen LogP contribution in [0.2, 0.25) is 0 Å². The highest BCUT2D eigenvalue weighted by Crippen LogP contribution is 2.21. The van der Waals surface area contributed by atoms with Crippen molar-refractivity contribution in [3.63, 3.8) is 0 Å². The van der Waals surface area contributed by atoms with Crippen molar-refractivity contribution in [2.75, 3.05) is 13.1 Å². The van der Waals surface area contributed by atoms with Gasteiger partial charge in [0.25, 0.3) is 0 Å². The van der Waals surface area contributed by atoms with E-state index in [0.717, 1.165) is 31.8 Å². The molecule has 2 heterocycles. The van der Waals surface area contributed by atoms with Gasteiger partial charge < -0.3 is 5.32 Å². The molecule has 1 aliphatic heterocycles. The number of aryl methyl sites for hydroxylation is 1. The summed E-state index contributed by atoms with van der Waals surface area (Å²) in [6, 6.07) is 10.5. The first kappa shape index (κ1) is 12.4. The van der Waals surface area contributed by atoms with Gasteiger partial charge in [-0.05, 0) is 56.0 Å². The van der Waals surface area contributed by atoms with Gasteiger partial charge in [0.1, 0.15) is 0 Å². The Bertz CT molecular complexity index is 524. The standard InChI is InChI=1S/C16H21N3/c1-2-14-12-18-19(15-6-4-3-5-7-15)16(14)10-13-8-9-17-11-13/h3-7,12-13,17H,2,8-11H2,1H3. The lowest BCUT2D eigenvalue weighted by Gasteiger charge is -2.13. The van der Waals surface area contributed by atoms with Crippen molar-refractivity contribution in [1.29, 1.82) is 0 Å². The van der Waals surface area contributed by atoms with Crippen molar-refractivity contribution >= 4 is 0 Å². The molecule has 1 fully saturated rings. The van der Waals surface area contributed by atoms with Gasteiger partial charge in [0, 0.05) is 5.69 Å². The Hall–Kier alpha value is -1.61. The van der Waals surface area contributed by atoms with Gasteiger partial charge in [-0.2, -0.15) is 5.10 Å². The van der Waals surface area contributed by atoms with Gasteiger partial charge in [0.15, 0.2) is 0 Å². The molecular formula is C16H21N3. The van der Waals surface area contributed by atoms with Gasteiger partial charge in [-0.3, -0.25) is 0 Å². The predicted octanol–water partition coefficient (Wildman–Crippen LogP) is 2.59. The van der Waals surface area contributed by atoms with E-state index in [1.54, 1.807) is 0 Å². The van der Waals surface area contributed by atoms with Gasteiger partial charge in [0.2, 0.25) is 0 Å². The number of nitrogens with zero attached hydrogens (tertiary/aromatic N) is 2. The SMILES string of the molecule is CCc1cnn(-c2ccccc2)c1CC1CCNC1. The van der Waals surface area contributed by atoms with E-state index in [-0.39, 0.29) is 0 Å². The summed E-state index contributed by atoms with van der Waals surface area (Å²) in [6.07, 6.45) is 5.50. The second kappa shape index (κ2) is 5.57. The molecule has 1 aromatic carbocycles. The van der Waals surface area contributed by atoms with E-state index in [1.807, 2.05) is 12.3 Å². The highest BCUT2D eigenvalue weighted by molar-refractivity contribution is 5.35. The molecule has 2 aromatic rings. The monoisotopic (exact) mass is 255 g/mol. The lowest BCUT2D eigenvalue weighted by molar-refractivity contribution is 0.557. The van der Waals surface area contributed by atoms with Crippen LogP contribution in [-0.4, -0.2) is 22.9 Å². The minimum atomic E-state index is 0.754. The van der Waals surface area contributed by atoms with Gasteiger partial charge in [0.05, 0.1) is 11.9 Å². The second-order valence-electron chi connectivity index (χ2n) is 5.28. The fourth-order valence-electron chi connectivity index (χ4n) is 2.87. The van der Waals surface area contributed by atoms with Crippen molar-refractivity contribution in [2.45, 2.75) is 26.2 Å². The Morgan fingerprint density at radius 2 is 2.16 bits per heavy atom. The normalized spacial score (nSPS) is 18.9. The first-order valence-corrected chi connectivity index (χ1v) is 7.20. The summed E-state index contributed by atoms with van der Waals surface area (Å²) in [6.45, 7) is 4.51. The number of hydrogen-bond donors (Lipinski definition) is 1. The van der Waals surface area contributed by atoms with Crippen LogP contribution in [0.3, 0.4) is 0 Å². The number of nitrogens with one attached hydrogen (secondary N) is 1. The Kier molecular flexibility index (Phi) is 3.65. The average molecular weight is 255 g/mol. The van der Waals surface area contributed by atoms with Crippen LogP contribution in [-0.2, 0) is 12.8 Å². The molecule has 0 radical (unpaired) electrons. The topological polar surface area (TPSA) is 29.9 Å². The molecule has 0 spiro atoms. The lowest BCUT2D eigenvalue weighted by Crippen LogP contribution is -2.14. The maximum atomic E-state index is 4.60. The smallest absolute Gasteiger partial charge is 0.0648 e. The molecule has 100 valence electrons. The number of rotatable bonds is 4. The summed E-state index contributed by atoms with van der Waals surface area (Å²) in [5.41, 5.74) is 3.95. The summed E-state index contributed by atoms with van der Waals surface area (Å²) in [4.78, 5) is 0. The first-order valence-electron chi connectivity index (χ1n) is 7.20. The van der Waals surface area contributed by atoms with Crippen LogP contribution >= 0.6 is 0 Å². The number of aromatic nitrogens is 2. The maximum Gasteiger partial charge on any atom is 0.0648 e. The van der Waals surface area contributed by atoms with E-state index in [0.29, 0.717) is 0 Å². The molecule has 1 aliphatic rings. The van der Waals surface area contributed by atoms with Crippen LogP contribution in [0.25, 0.3) is 5.69 Å². The minimum absolute atomic E-state index is 0.754. The third-order valence-corrected chi connectivity index (χ3v) is 3.98. The van der Waals surface area contributed by atoms with Crippen LogP contribution in [0.15, 0.2) is 36.5 Å². The van der Waals surface area contributed by atoms with Crippen LogP contribution in [0.1, 0.15) is 24.6 Å². The molecule has 3 rings (SSSR count). The van der Waals surface area contributed by atoms with Crippen molar-refractivity contribution in [3.05, 3.63) is 47.8 Å². The molecule has 0 amide bonds. The van der Waals surface area contributed by atoms with E-state index in [4.69, 9.17) is 0 Å². The number of para-hydroxylation sites is 1. The number of benzene rings is 1. The second-order valence-corrected chi connectivity index (χ2v) is 5.28. The zero-order valence-electron chi connectivity index (χ0n) is 11.5. The molecule has 1 atom stereocenters. The van der Waals surface area contributed by atoms with Crippen LogP contribution in [0, 0.1) is 5.92 Å². The molecule has 0 aliphatic carbocycles. The average Bonchev–Trinajstić information content (AvgIpc) is 3.10. The quantitative estimate of drug-likeness (QED) is 0.910. The fourth-order valence-corrected chi connectivity index (χ4v) is 2.87. The molecule has 0 saturated carbocycles. The van der Waals surface area contributed by atoms with Crippen molar-refractivity contribution in [1.82, 2.24) is 15.1 Å². The fraction of sp³-hybridized carbons (Fsp3) is 0.438. The molecule has 1 unspecified atom stereocenters. The maximum absolute atomic E-state index is 4.60. The van der Waals surface area contributed by atoms with Crippen LogP contribution in [0.5, 0.6) is 0 Å². The molecule has 1 saturated heterocycles. The predicted molar refractivity (Wildman–Crippen MR) is 77.6 cm³/mol. The van der Waals surface area contributed by atoms with Gasteiger partial charge in [-0.25, -0.2) is 4.68 Å². The molecule has 0 bridgehead atoms. The van der Waals surface area contributed by atoms with Gasteiger partial charge in [-0.1, -0.05) is 25.1 Å². The Labute approximate surface area is 114 Å². The van der Waals surface area contributed by atoms with E-state index in [2.05, 4.69) is 46.3 Å². The summed E-state index contributed by atoms with van der Waals surface area (Å²) in [7, 11) is 0. The van der Waals surface area contributed by atoms with Crippen LogP contribution < -0.4 is 5.32 Å². The summed E-state index contributed by atoms with van der Waals surface area (Å²) in [5, 5.41) is 8.05. The van der Waals surface area contributed by atoms with E-state index < -0.39 is 0 Å². The Morgan fingerprint density at radius 1 is 1.32 bits per heavy atom. The van der Waals surface area contributed by atoms with Gasteiger partial charge in [-0.15, -0.1) is 0 Å². The summed E-state index contributed by atoms with van der Waals surface area (Å²) in [5.74, 6) is 0.754. The molecule has 1 aromatic heterocycles. The van der Waals surface area contributed by atoms with E-state index in [1.165, 1.54) is 23.4 Å². The largest absolute Gasteiger partial charge is 0.316 e. The third-order valence-electron chi connectivity index (χ3n) is 3.98. The zero-order valence-corrected chi connectivity index (χ0v) is 11.5. The van der Waals surface area contributed by atoms with Crippen molar-refractivity contribution < 1.29 is 0 Å². The molecule has 19 heavy (non-hydrogen) atoms. The first-order chi connectivity index (χ1) is 9.38. The highest BCUT2D eigenvalue weighted by Gasteiger charge is 2.19. The van der Waals surface area contributed by atoms with Crippen molar-refractivity contribution in [2.24, 2.45) is 5.92 Å². The molecule has 3 nitrogen and oxygen atoms in total. The van der Waals surface area contributed by atoms with E-state index >= 15 is 0 Å². The Morgan fingerprint density at radius 3 is 2.84 bits per heavy atom. The highest BCUT2D eigenvalue weighted by atomic mass is 15.3. The molecule has 3 heteroatoms. The Balaban J connectivity index is 1.93.